The number of hydrogen-bond acceptors (Lipinski definition) is 2. The van der Waals surface area contributed by atoms with Crippen molar-refractivity contribution in [2.45, 2.75) is 13.5 Å². The summed E-state index contributed by atoms with van der Waals surface area (Å²) in [5, 5.41) is 4.89. The number of anilines is 2. The van der Waals surface area contributed by atoms with Gasteiger partial charge in [0.05, 0.1) is 10.7 Å². The Hall–Kier alpha value is -1.38. The maximum atomic E-state index is 6.26. The molecule has 0 aliphatic rings. The highest BCUT2D eigenvalue weighted by molar-refractivity contribution is 6.33. The van der Waals surface area contributed by atoms with Crippen LogP contribution in [-0.4, -0.2) is 14.1 Å². The maximum absolute atomic E-state index is 6.26. The van der Waals surface area contributed by atoms with Crippen molar-refractivity contribution in [2.75, 3.05) is 24.3 Å². The molecule has 0 aliphatic carbocycles. The van der Waals surface area contributed by atoms with Crippen molar-refractivity contribution in [3.8, 4) is 0 Å². The van der Waals surface area contributed by atoms with Crippen LogP contribution in [0.2, 0.25) is 10.0 Å². The number of halogens is 2. The smallest absolute Gasteiger partial charge is 0.0659 e. The summed E-state index contributed by atoms with van der Waals surface area (Å²) in [5.74, 6) is 0. The number of rotatable bonds is 4. The molecule has 0 aliphatic heterocycles. The van der Waals surface area contributed by atoms with Crippen molar-refractivity contribution in [1.82, 2.24) is 0 Å². The Bertz CT molecular complexity index is 609. The second-order valence-electron chi connectivity index (χ2n) is 4.98. The van der Waals surface area contributed by atoms with Crippen molar-refractivity contribution in [3.05, 3.63) is 57.6 Å². The molecule has 0 saturated carbocycles. The second-order valence-corrected chi connectivity index (χ2v) is 5.83. The van der Waals surface area contributed by atoms with Gasteiger partial charge in [0.15, 0.2) is 0 Å². The highest BCUT2D eigenvalue weighted by Gasteiger charge is 2.04. The van der Waals surface area contributed by atoms with Crippen molar-refractivity contribution >= 4 is 34.6 Å². The third kappa shape index (κ3) is 3.59. The van der Waals surface area contributed by atoms with Crippen LogP contribution in [0.1, 0.15) is 11.1 Å². The molecular formula is C16H18Cl2N2. The second kappa shape index (κ2) is 6.38. The summed E-state index contributed by atoms with van der Waals surface area (Å²) in [4.78, 5) is 2.00. The Morgan fingerprint density at radius 2 is 1.80 bits per heavy atom. The Morgan fingerprint density at radius 3 is 2.40 bits per heavy atom. The van der Waals surface area contributed by atoms with E-state index in [9.17, 15) is 0 Å². The summed E-state index contributed by atoms with van der Waals surface area (Å²) in [6, 6.07) is 11.9. The molecule has 2 rings (SSSR count). The van der Waals surface area contributed by atoms with E-state index >= 15 is 0 Å². The summed E-state index contributed by atoms with van der Waals surface area (Å²) in [6.45, 7) is 2.81. The average Bonchev–Trinajstić information content (AvgIpc) is 2.37. The maximum Gasteiger partial charge on any atom is 0.0659 e. The minimum atomic E-state index is 0.743. The zero-order valence-corrected chi connectivity index (χ0v) is 13.4. The fraction of sp³-hybridized carbons (Fsp3) is 0.250. The molecule has 0 spiro atoms. The van der Waals surface area contributed by atoms with Crippen LogP contribution < -0.4 is 10.2 Å². The Labute approximate surface area is 130 Å². The number of aryl methyl sites for hydroxylation is 1. The van der Waals surface area contributed by atoms with E-state index in [-0.39, 0.29) is 0 Å². The third-order valence-corrected chi connectivity index (χ3v) is 3.75. The monoisotopic (exact) mass is 308 g/mol. The molecule has 0 saturated heterocycles. The van der Waals surface area contributed by atoms with Gasteiger partial charge in [-0.05, 0) is 48.4 Å². The molecule has 1 N–H and O–H groups in total. The van der Waals surface area contributed by atoms with Gasteiger partial charge in [-0.2, -0.15) is 0 Å². The summed E-state index contributed by atoms with van der Waals surface area (Å²) in [7, 11) is 3.96. The molecule has 20 heavy (non-hydrogen) atoms. The van der Waals surface area contributed by atoms with Crippen LogP contribution in [0.15, 0.2) is 36.4 Å². The van der Waals surface area contributed by atoms with E-state index in [2.05, 4.69) is 12.2 Å². The highest BCUT2D eigenvalue weighted by Crippen LogP contribution is 2.27. The third-order valence-electron chi connectivity index (χ3n) is 3.22. The molecule has 0 aromatic heterocycles. The zero-order valence-electron chi connectivity index (χ0n) is 11.9. The Balaban J connectivity index is 2.09. The average molecular weight is 309 g/mol. The molecule has 0 fully saturated rings. The predicted octanol–water partition coefficient (Wildman–Crippen LogP) is 4.98. The van der Waals surface area contributed by atoms with Gasteiger partial charge in [-0.1, -0.05) is 29.3 Å². The first-order valence-electron chi connectivity index (χ1n) is 6.43. The standard InChI is InChI=1S/C16H18Cl2N2/c1-11-8-13(17)5-4-12(11)10-19-14-6-7-16(20(2)3)15(18)9-14/h4-9,19H,10H2,1-3H3. The molecule has 0 bridgehead atoms. The van der Waals surface area contributed by atoms with Gasteiger partial charge in [0.2, 0.25) is 0 Å². The fourth-order valence-electron chi connectivity index (χ4n) is 2.03. The van der Waals surface area contributed by atoms with E-state index in [4.69, 9.17) is 23.2 Å². The van der Waals surface area contributed by atoms with Crippen LogP contribution in [-0.2, 0) is 6.54 Å². The molecule has 2 nitrogen and oxygen atoms in total. The van der Waals surface area contributed by atoms with E-state index < -0.39 is 0 Å². The molecule has 0 amide bonds. The fourth-order valence-corrected chi connectivity index (χ4v) is 2.61. The molecule has 4 heteroatoms. The topological polar surface area (TPSA) is 15.3 Å². The summed E-state index contributed by atoms with van der Waals surface area (Å²) < 4.78 is 0. The van der Waals surface area contributed by atoms with Crippen molar-refractivity contribution in [1.29, 1.82) is 0 Å². The van der Waals surface area contributed by atoms with Gasteiger partial charge >= 0.3 is 0 Å². The Kier molecular flexibility index (Phi) is 4.79. The van der Waals surface area contributed by atoms with E-state index in [1.807, 2.05) is 55.4 Å². The summed E-state index contributed by atoms with van der Waals surface area (Å²) in [6.07, 6.45) is 0. The van der Waals surface area contributed by atoms with Gasteiger partial charge < -0.3 is 10.2 Å². The first-order chi connectivity index (χ1) is 9.47. The molecule has 106 valence electrons. The number of nitrogens with one attached hydrogen (secondary N) is 1. The summed E-state index contributed by atoms with van der Waals surface area (Å²) >= 11 is 12.2. The van der Waals surface area contributed by atoms with E-state index in [0.29, 0.717) is 0 Å². The molecular weight excluding hydrogens is 291 g/mol. The largest absolute Gasteiger partial charge is 0.381 e. The minimum Gasteiger partial charge on any atom is -0.381 e. The van der Waals surface area contributed by atoms with Crippen LogP contribution in [0.25, 0.3) is 0 Å². The van der Waals surface area contributed by atoms with Gasteiger partial charge in [-0.3, -0.25) is 0 Å². The molecule has 0 radical (unpaired) electrons. The Morgan fingerprint density at radius 1 is 1.05 bits per heavy atom. The number of hydrogen-bond donors (Lipinski definition) is 1. The molecule has 2 aromatic rings. The lowest BCUT2D eigenvalue weighted by molar-refractivity contribution is 1.11. The van der Waals surface area contributed by atoms with E-state index in [0.717, 1.165) is 28.0 Å². The van der Waals surface area contributed by atoms with Crippen molar-refractivity contribution in [2.24, 2.45) is 0 Å². The number of nitrogens with zero attached hydrogens (tertiary/aromatic N) is 1. The zero-order chi connectivity index (χ0) is 14.7. The lowest BCUT2D eigenvalue weighted by Gasteiger charge is -2.16. The van der Waals surface area contributed by atoms with Crippen LogP contribution in [0, 0.1) is 6.92 Å². The first kappa shape index (κ1) is 15.0. The lowest BCUT2D eigenvalue weighted by atomic mass is 10.1. The normalized spacial score (nSPS) is 10.4. The first-order valence-corrected chi connectivity index (χ1v) is 7.19. The number of benzene rings is 2. The van der Waals surface area contributed by atoms with Gasteiger partial charge in [0, 0.05) is 31.4 Å². The van der Waals surface area contributed by atoms with Gasteiger partial charge in [-0.15, -0.1) is 0 Å². The SMILES string of the molecule is Cc1cc(Cl)ccc1CNc1ccc(N(C)C)c(Cl)c1. The van der Waals surface area contributed by atoms with Crippen molar-refractivity contribution in [3.63, 3.8) is 0 Å². The molecule has 0 unspecified atom stereocenters. The van der Waals surface area contributed by atoms with Gasteiger partial charge in [0.1, 0.15) is 0 Å². The van der Waals surface area contributed by atoms with E-state index in [1.54, 1.807) is 0 Å². The van der Waals surface area contributed by atoms with Crippen molar-refractivity contribution < 1.29 is 0 Å². The quantitative estimate of drug-likeness (QED) is 0.857. The van der Waals surface area contributed by atoms with Gasteiger partial charge in [-0.25, -0.2) is 0 Å². The van der Waals surface area contributed by atoms with Crippen LogP contribution in [0.4, 0.5) is 11.4 Å². The highest BCUT2D eigenvalue weighted by atomic mass is 35.5. The van der Waals surface area contributed by atoms with Crippen LogP contribution in [0.3, 0.4) is 0 Å². The summed E-state index contributed by atoms with van der Waals surface area (Å²) in [5.41, 5.74) is 4.43. The minimum absolute atomic E-state index is 0.743. The van der Waals surface area contributed by atoms with E-state index in [1.165, 1.54) is 11.1 Å². The van der Waals surface area contributed by atoms with Crippen LogP contribution >= 0.6 is 23.2 Å². The molecule has 2 aromatic carbocycles. The lowest BCUT2D eigenvalue weighted by Crippen LogP contribution is -2.09. The molecule has 0 atom stereocenters. The van der Waals surface area contributed by atoms with Crippen LogP contribution in [0.5, 0.6) is 0 Å². The predicted molar refractivity (Wildman–Crippen MR) is 89.3 cm³/mol. The molecule has 0 heterocycles. The van der Waals surface area contributed by atoms with Gasteiger partial charge in [0.25, 0.3) is 0 Å².